The molecule has 0 saturated carbocycles. The van der Waals surface area contributed by atoms with Crippen molar-refractivity contribution < 1.29 is 0 Å². The molecule has 90 valence electrons. The molecule has 0 fully saturated rings. The van der Waals surface area contributed by atoms with Crippen LogP contribution >= 0.6 is 0 Å². The molecular weight excluding hydrogens is 214 g/mol. The van der Waals surface area contributed by atoms with Gasteiger partial charge in [-0.1, -0.05) is 18.2 Å². The third-order valence-electron chi connectivity index (χ3n) is 2.30. The van der Waals surface area contributed by atoms with E-state index in [-0.39, 0.29) is 5.54 Å². The van der Waals surface area contributed by atoms with E-state index in [1.165, 1.54) is 0 Å². The topological polar surface area (TPSA) is 68.8 Å². The molecule has 0 aliphatic rings. The Morgan fingerprint density at radius 2 is 1.82 bits per heavy atom. The number of benzene rings is 1. The first-order valence-electron chi connectivity index (χ1n) is 5.52. The summed E-state index contributed by atoms with van der Waals surface area (Å²) in [6.45, 7) is 6.10. The molecule has 0 aliphatic heterocycles. The molecule has 0 amide bonds. The summed E-state index contributed by atoms with van der Waals surface area (Å²) in [4.78, 5) is 4.19. The molecule has 2 rings (SSSR count). The summed E-state index contributed by atoms with van der Waals surface area (Å²) in [5.74, 6) is 0.930. The maximum absolute atomic E-state index is 5.83. The van der Waals surface area contributed by atoms with Crippen molar-refractivity contribution in [1.82, 2.24) is 14.8 Å². The lowest BCUT2D eigenvalue weighted by molar-refractivity contribution is 0.362. The Morgan fingerprint density at radius 3 is 2.35 bits per heavy atom. The molecule has 0 saturated heterocycles. The van der Waals surface area contributed by atoms with E-state index in [2.05, 4.69) is 15.4 Å². The lowest BCUT2D eigenvalue weighted by atomic mass is 10.1. The van der Waals surface area contributed by atoms with Gasteiger partial charge in [-0.15, -0.1) is 5.10 Å². The summed E-state index contributed by atoms with van der Waals surface area (Å²) < 4.78 is 1.71. The molecule has 5 heteroatoms. The van der Waals surface area contributed by atoms with Crippen molar-refractivity contribution in [2.45, 2.75) is 26.3 Å². The Balaban J connectivity index is 2.24. The molecule has 1 heterocycles. The summed E-state index contributed by atoms with van der Waals surface area (Å²) in [6.07, 6.45) is 0. The fraction of sp³-hybridized carbons (Fsp3) is 0.333. The molecular formula is C12H17N5. The number of nitrogen functional groups attached to an aromatic ring is 1. The molecule has 0 spiro atoms. The third-order valence-corrected chi connectivity index (χ3v) is 2.30. The molecule has 1 aromatic heterocycles. The maximum atomic E-state index is 5.83. The highest BCUT2D eigenvalue weighted by Crippen LogP contribution is 2.20. The van der Waals surface area contributed by atoms with Crippen molar-refractivity contribution in [3.8, 4) is 0 Å². The number of nitrogens with zero attached hydrogens (tertiary/aromatic N) is 3. The van der Waals surface area contributed by atoms with Crippen molar-refractivity contribution in [3.05, 3.63) is 30.3 Å². The van der Waals surface area contributed by atoms with Gasteiger partial charge >= 0.3 is 0 Å². The van der Waals surface area contributed by atoms with Crippen molar-refractivity contribution in [2.24, 2.45) is 0 Å². The molecule has 5 nitrogen and oxygen atoms in total. The fourth-order valence-corrected chi connectivity index (χ4v) is 1.52. The van der Waals surface area contributed by atoms with Crippen molar-refractivity contribution in [2.75, 3.05) is 11.1 Å². The largest absolute Gasteiger partial charge is 0.368 e. The highest BCUT2D eigenvalue weighted by atomic mass is 15.4. The van der Waals surface area contributed by atoms with Gasteiger partial charge in [-0.25, -0.2) is 4.68 Å². The van der Waals surface area contributed by atoms with Crippen LogP contribution < -0.4 is 11.1 Å². The van der Waals surface area contributed by atoms with Crippen LogP contribution in [0.15, 0.2) is 30.3 Å². The average molecular weight is 231 g/mol. The van der Waals surface area contributed by atoms with Gasteiger partial charge in [-0.3, -0.25) is 0 Å². The quantitative estimate of drug-likeness (QED) is 0.832. The predicted octanol–water partition coefficient (Wildman–Crippen LogP) is 2.36. The lowest BCUT2D eigenvalue weighted by Gasteiger charge is -2.19. The number of nitrogens with two attached hydrogens (primary N) is 1. The molecule has 0 unspecified atom stereocenters. The van der Waals surface area contributed by atoms with Gasteiger partial charge in [0.25, 0.3) is 0 Å². The van der Waals surface area contributed by atoms with Gasteiger partial charge < -0.3 is 11.1 Å². The van der Waals surface area contributed by atoms with Crippen molar-refractivity contribution >= 4 is 17.6 Å². The van der Waals surface area contributed by atoms with Crippen LogP contribution in [0.1, 0.15) is 20.8 Å². The normalized spacial score (nSPS) is 11.5. The van der Waals surface area contributed by atoms with Crippen molar-refractivity contribution in [1.29, 1.82) is 0 Å². The molecule has 0 radical (unpaired) electrons. The first-order chi connectivity index (χ1) is 7.97. The molecule has 3 N–H and O–H groups in total. The van der Waals surface area contributed by atoms with Crippen LogP contribution in [0.4, 0.5) is 17.6 Å². The highest BCUT2D eigenvalue weighted by Gasteiger charge is 2.19. The minimum Gasteiger partial charge on any atom is -0.368 e. The van der Waals surface area contributed by atoms with E-state index in [0.29, 0.717) is 11.9 Å². The highest BCUT2D eigenvalue weighted by molar-refractivity contribution is 5.53. The molecule has 0 atom stereocenters. The standard InChI is InChI=1S/C12H17N5/c1-12(2,3)17-10(13)15-11(16-17)14-9-7-5-4-6-8-9/h4-8H,1-3H3,(H3,13,14,15,16). The number of para-hydroxylation sites is 1. The monoisotopic (exact) mass is 231 g/mol. The smallest absolute Gasteiger partial charge is 0.248 e. The zero-order valence-corrected chi connectivity index (χ0v) is 10.3. The number of anilines is 3. The Kier molecular flexibility index (Phi) is 2.75. The van der Waals surface area contributed by atoms with E-state index in [9.17, 15) is 0 Å². The van der Waals surface area contributed by atoms with Crippen LogP contribution in [0, 0.1) is 0 Å². The summed E-state index contributed by atoms with van der Waals surface area (Å²) in [6, 6.07) is 9.77. The number of hydrogen-bond donors (Lipinski definition) is 2. The third kappa shape index (κ3) is 2.55. The second kappa shape index (κ2) is 4.08. The van der Waals surface area contributed by atoms with Gasteiger partial charge in [0, 0.05) is 5.69 Å². The van der Waals surface area contributed by atoms with Gasteiger partial charge in [0.1, 0.15) is 0 Å². The molecule has 17 heavy (non-hydrogen) atoms. The first-order valence-corrected chi connectivity index (χ1v) is 5.52. The van der Waals surface area contributed by atoms with Crippen molar-refractivity contribution in [3.63, 3.8) is 0 Å². The van der Waals surface area contributed by atoms with Crippen LogP contribution in [0.25, 0.3) is 0 Å². The molecule has 1 aromatic carbocycles. The Morgan fingerprint density at radius 1 is 1.18 bits per heavy atom. The second-order valence-corrected chi connectivity index (χ2v) is 4.87. The van der Waals surface area contributed by atoms with E-state index >= 15 is 0 Å². The zero-order chi connectivity index (χ0) is 12.5. The summed E-state index contributed by atoms with van der Waals surface area (Å²) >= 11 is 0. The summed E-state index contributed by atoms with van der Waals surface area (Å²) in [7, 11) is 0. The lowest BCUT2D eigenvalue weighted by Crippen LogP contribution is -2.24. The first kappa shape index (κ1) is 11.4. The van der Waals surface area contributed by atoms with E-state index in [0.717, 1.165) is 5.69 Å². The van der Waals surface area contributed by atoms with Gasteiger partial charge in [-0.05, 0) is 32.9 Å². The van der Waals surface area contributed by atoms with E-state index in [1.807, 2.05) is 51.1 Å². The number of nitrogens with one attached hydrogen (secondary N) is 1. The Bertz CT molecular complexity index is 495. The minimum atomic E-state index is -0.173. The predicted molar refractivity (Wildman–Crippen MR) is 69.2 cm³/mol. The fourth-order valence-electron chi connectivity index (χ4n) is 1.52. The second-order valence-electron chi connectivity index (χ2n) is 4.87. The molecule has 2 aromatic rings. The van der Waals surface area contributed by atoms with E-state index in [4.69, 9.17) is 5.73 Å². The SMILES string of the molecule is CC(C)(C)n1nc(Nc2ccccc2)nc1N. The zero-order valence-electron chi connectivity index (χ0n) is 10.3. The maximum Gasteiger partial charge on any atom is 0.248 e. The van der Waals surface area contributed by atoms with E-state index in [1.54, 1.807) is 4.68 Å². The van der Waals surface area contributed by atoms with Crippen LogP contribution in [-0.4, -0.2) is 14.8 Å². The van der Waals surface area contributed by atoms with Gasteiger partial charge in [0.2, 0.25) is 11.9 Å². The van der Waals surface area contributed by atoms with Crippen LogP contribution in [0.3, 0.4) is 0 Å². The van der Waals surface area contributed by atoms with Crippen LogP contribution in [-0.2, 0) is 5.54 Å². The average Bonchev–Trinajstić information content (AvgIpc) is 2.60. The molecule has 0 bridgehead atoms. The minimum absolute atomic E-state index is 0.173. The number of hydrogen-bond acceptors (Lipinski definition) is 4. The Hall–Kier alpha value is -2.04. The summed E-state index contributed by atoms with van der Waals surface area (Å²) in [5, 5.41) is 7.46. The number of rotatable bonds is 2. The van der Waals surface area contributed by atoms with Gasteiger partial charge in [0.05, 0.1) is 5.54 Å². The van der Waals surface area contributed by atoms with Crippen LogP contribution in [0.2, 0.25) is 0 Å². The van der Waals surface area contributed by atoms with Gasteiger partial charge in [-0.2, -0.15) is 4.98 Å². The van der Waals surface area contributed by atoms with Gasteiger partial charge in [0.15, 0.2) is 0 Å². The van der Waals surface area contributed by atoms with E-state index < -0.39 is 0 Å². The summed E-state index contributed by atoms with van der Waals surface area (Å²) in [5.41, 5.74) is 6.60. The number of aromatic nitrogens is 3. The molecule has 0 aliphatic carbocycles. The van der Waals surface area contributed by atoms with Crippen LogP contribution in [0.5, 0.6) is 0 Å². The Labute approximate surface area is 101 Å².